The standard InChI is InChI=1S/C14H12ClNO3/c15-8-9-4-1-2-6-11(9)16-14(19)10-5-3-7-12(17)13(10)18/h1-7,17-18H,8H2,(H,16,19). The van der Waals surface area contributed by atoms with Crippen molar-refractivity contribution in [1.82, 2.24) is 0 Å². The molecule has 0 unspecified atom stereocenters. The minimum absolute atomic E-state index is 0.00405. The molecule has 19 heavy (non-hydrogen) atoms. The molecule has 3 N–H and O–H groups in total. The number of benzene rings is 2. The van der Waals surface area contributed by atoms with Crippen LogP contribution in [0.3, 0.4) is 0 Å². The summed E-state index contributed by atoms with van der Waals surface area (Å²) in [5.41, 5.74) is 1.35. The van der Waals surface area contributed by atoms with Crippen LogP contribution in [-0.4, -0.2) is 16.1 Å². The van der Waals surface area contributed by atoms with Gasteiger partial charge in [-0.15, -0.1) is 11.6 Å². The average molecular weight is 278 g/mol. The molecule has 2 rings (SSSR count). The number of phenols is 2. The zero-order valence-corrected chi connectivity index (χ0v) is 10.7. The molecule has 1 amide bonds. The van der Waals surface area contributed by atoms with E-state index in [4.69, 9.17) is 11.6 Å². The number of amides is 1. The summed E-state index contributed by atoms with van der Waals surface area (Å²) in [6, 6.07) is 11.3. The maximum Gasteiger partial charge on any atom is 0.259 e. The second kappa shape index (κ2) is 5.63. The quantitative estimate of drug-likeness (QED) is 0.596. The van der Waals surface area contributed by atoms with Gasteiger partial charge in [0.05, 0.1) is 5.56 Å². The van der Waals surface area contributed by atoms with E-state index in [1.807, 2.05) is 6.07 Å². The first kappa shape index (κ1) is 13.2. The Hall–Kier alpha value is -2.20. The third-order valence-electron chi connectivity index (χ3n) is 2.67. The molecule has 0 bridgehead atoms. The largest absolute Gasteiger partial charge is 0.504 e. The molecule has 0 radical (unpaired) electrons. The number of anilines is 1. The third-order valence-corrected chi connectivity index (χ3v) is 2.96. The first-order valence-corrected chi connectivity index (χ1v) is 6.13. The molecule has 0 saturated heterocycles. The fourth-order valence-electron chi connectivity index (χ4n) is 1.66. The summed E-state index contributed by atoms with van der Waals surface area (Å²) in [7, 11) is 0. The summed E-state index contributed by atoms with van der Waals surface area (Å²) in [5.74, 6) is -1.02. The predicted octanol–water partition coefficient (Wildman–Crippen LogP) is 3.09. The molecule has 5 heteroatoms. The number of nitrogens with one attached hydrogen (secondary N) is 1. The molecular formula is C14H12ClNO3. The van der Waals surface area contributed by atoms with Gasteiger partial charge in [-0.05, 0) is 23.8 Å². The highest BCUT2D eigenvalue weighted by atomic mass is 35.5. The Balaban J connectivity index is 2.28. The van der Waals surface area contributed by atoms with Gasteiger partial charge < -0.3 is 15.5 Å². The van der Waals surface area contributed by atoms with Crippen molar-refractivity contribution in [2.75, 3.05) is 5.32 Å². The number of para-hydroxylation sites is 2. The summed E-state index contributed by atoms with van der Waals surface area (Å²) in [5, 5.41) is 21.7. The Morgan fingerprint density at radius 3 is 2.58 bits per heavy atom. The lowest BCUT2D eigenvalue weighted by molar-refractivity contribution is 0.102. The van der Waals surface area contributed by atoms with Crippen LogP contribution in [0, 0.1) is 0 Å². The van der Waals surface area contributed by atoms with Crippen molar-refractivity contribution in [2.45, 2.75) is 5.88 Å². The number of alkyl halides is 1. The van der Waals surface area contributed by atoms with E-state index in [0.29, 0.717) is 5.69 Å². The van der Waals surface area contributed by atoms with Gasteiger partial charge in [0, 0.05) is 11.6 Å². The van der Waals surface area contributed by atoms with E-state index in [-0.39, 0.29) is 17.2 Å². The lowest BCUT2D eigenvalue weighted by Gasteiger charge is -2.10. The Morgan fingerprint density at radius 1 is 1.11 bits per heavy atom. The number of aromatic hydroxyl groups is 2. The summed E-state index contributed by atoms with van der Waals surface area (Å²) in [4.78, 5) is 12.0. The molecule has 0 heterocycles. The van der Waals surface area contributed by atoms with Crippen molar-refractivity contribution in [1.29, 1.82) is 0 Å². The molecule has 2 aromatic carbocycles. The number of phenolic OH excluding ortho intramolecular Hbond substituents is 2. The highest BCUT2D eigenvalue weighted by Crippen LogP contribution is 2.29. The van der Waals surface area contributed by atoms with Gasteiger partial charge in [-0.3, -0.25) is 4.79 Å². The van der Waals surface area contributed by atoms with Crippen LogP contribution in [0.2, 0.25) is 0 Å². The van der Waals surface area contributed by atoms with Crippen molar-refractivity contribution in [3.05, 3.63) is 53.6 Å². The van der Waals surface area contributed by atoms with Gasteiger partial charge in [0.25, 0.3) is 5.91 Å². The topological polar surface area (TPSA) is 69.6 Å². The van der Waals surface area contributed by atoms with Gasteiger partial charge in [-0.25, -0.2) is 0 Å². The second-order valence-electron chi connectivity index (χ2n) is 3.92. The van der Waals surface area contributed by atoms with Crippen molar-refractivity contribution in [2.24, 2.45) is 0 Å². The third kappa shape index (κ3) is 2.80. The highest BCUT2D eigenvalue weighted by molar-refractivity contribution is 6.17. The molecule has 0 aliphatic carbocycles. The zero-order chi connectivity index (χ0) is 13.8. The Morgan fingerprint density at radius 2 is 1.84 bits per heavy atom. The van der Waals surface area contributed by atoms with Crippen molar-refractivity contribution < 1.29 is 15.0 Å². The summed E-state index contributed by atoms with van der Waals surface area (Å²) < 4.78 is 0. The molecular weight excluding hydrogens is 266 g/mol. The number of carbonyl (C=O) groups excluding carboxylic acids is 1. The molecule has 0 aromatic heterocycles. The van der Waals surface area contributed by atoms with Crippen molar-refractivity contribution in [3.63, 3.8) is 0 Å². The van der Waals surface area contributed by atoms with E-state index in [1.165, 1.54) is 18.2 Å². The van der Waals surface area contributed by atoms with Crippen LogP contribution < -0.4 is 5.32 Å². The van der Waals surface area contributed by atoms with Gasteiger partial charge in [0.2, 0.25) is 0 Å². The molecule has 2 aromatic rings. The monoisotopic (exact) mass is 277 g/mol. The highest BCUT2D eigenvalue weighted by Gasteiger charge is 2.14. The lowest BCUT2D eigenvalue weighted by Crippen LogP contribution is -2.13. The Bertz CT molecular complexity index is 613. The van der Waals surface area contributed by atoms with Gasteiger partial charge in [-0.1, -0.05) is 24.3 Å². The van der Waals surface area contributed by atoms with Gasteiger partial charge in [-0.2, -0.15) is 0 Å². The van der Waals surface area contributed by atoms with Crippen molar-refractivity contribution in [3.8, 4) is 11.5 Å². The van der Waals surface area contributed by atoms with Crippen LogP contribution in [0.5, 0.6) is 11.5 Å². The molecule has 4 nitrogen and oxygen atoms in total. The van der Waals surface area contributed by atoms with E-state index in [0.717, 1.165) is 5.56 Å². The first-order chi connectivity index (χ1) is 9.13. The van der Waals surface area contributed by atoms with E-state index >= 15 is 0 Å². The maximum atomic E-state index is 12.0. The van der Waals surface area contributed by atoms with E-state index < -0.39 is 11.7 Å². The molecule has 0 aliphatic rings. The number of carbonyl (C=O) groups is 1. The van der Waals surface area contributed by atoms with E-state index in [9.17, 15) is 15.0 Å². The van der Waals surface area contributed by atoms with E-state index in [1.54, 1.807) is 18.2 Å². The molecule has 0 spiro atoms. The van der Waals surface area contributed by atoms with Crippen molar-refractivity contribution >= 4 is 23.2 Å². The van der Waals surface area contributed by atoms with Gasteiger partial charge >= 0.3 is 0 Å². The van der Waals surface area contributed by atoms with Crippen LogP contribution in [0.4, 0.5) is 5.69 Å². The number of hydrogen-bond donors (Lipinski definition) is 3. The van der Waals surface area contributed by atoms with Crippen LogP contribution >= 0.6 is 11.6 Å². The molecule has 0 atom stereocenters. The first-order valence-electron chi connectivity index (χ1n) is 5.59. The summed E-state index contributed by atoms with van der Waals surface area (Å²) >= 11 is 5.78. The fraction of sp³-hybridized carbons (Fsp3) is 0.0714. The minimum Gasteiger partial charge on any atom is -0.504 e. The number of halogens is 1. The lowest BCUT2D eigenvalue weighted by atomic mass is 10.1. The van der Waals surface area contributed by atoms with E-state index in [2.05, 4.69) is 5.32 Å². The van der Waals surface area contributed by atoms with Crippen LogP contribution in [0.15, 0.2) is 42.5 Å². The number of rotatable bonds is 3. The second-order valence-corrected chi connectivity index (χ2v) is 4.19. The molecule has 0 aliphatic heterocycles. The van der Waals surface area contributed by atoms with Crippen LogP contribution in [0.25, 0.3) is 0 Å². The maximum absolute atomic E-state index is 12.0. The minimum atomic E-state index is -0.508. The van der Waals surface area contributed by atoms with Gasteiger partial charge in [0.15, 0.2) is 11.5 Å². The number of hydrogen-bond acceptors (Lipinski definition) is 3. The van der Waals surface area contributed by atoms with Gasteiger partial charge in [0.1, 0.15) is 0 Å². The Labute approximate surface area is 115 Å². The fourth-order valence-corrected chi connectivity index (χ4v) is 1.90. The Kier molecular flexibility index (Phi) is 3.92. The summed E-state index contributed by atoms with van der Waals surface area (Å²) in [6.45, 7) is 0. The zero-order valence-electron chi connectivity index (χ0n) is 9.93. The molecule has 0 saturated carbocycles. The SMILES string of the molecule is O=C(Nc1ccccc1CCl)c1cccc(O)c1O. The smallest absolute Gasteiger partial charge is 0.259 e. The van der Waals surface area contributed by atoms with Crippen LogP contribution in [-0.2, 0) is 5.88 Å². The normalized spacial score (nSPS) is 10.2. The average Bonchev–Trinajstić information content (AvgIpc) is 2.42. The molecule has 98 valence electrons. The predicted molar refractivity (Wildman–Crippen MR) is 73.7 cm³/mol. The van der Waals surface area contributed by atoms with Crippen LogP contribution in [0.1, 0.15) is 15.9 Å². The summed E-state index contributed by atoms with van der Waals surface area (Å²) in [6.07, 6.45) is 0. The molecule has 0 fully saturated rings.